The van der Waals surface area contributed by atoms with Gasteiger partial charge in [-0.05, 0) is 37.3 Å². The average Bonchev–Trinajstić information content (AvgIpc) is 2.68. The lowest BCUT2D eigenvalue weighted by Crippen LogP contribution is -2.50. The third-order valence-electron chi connectivity index (χ3n) is 3.96. The van der Waals surface area contributed by atoms with Gasteiger partial charge in [-0.25, -0.2) is 4.99 Å². The molecule has 1 amide bonds. The van der Waals surface area contributed by atoms with Gasteiger partial charge in [-0.3, -0.25) is 4.79 Å². The first-order valence-electron chi connectivity index (χ1n) is 8.45. The summed E-state index contributed by atoms with van der Waals surface area (Å²) in [4.78, 5) is 20.0. The number of aliphatic imine (C=N–C) groups is 1. The Labute approximate surface area is 154 Å². The van der Waals surface area contributed by atoms with Crippen molar-refractivity contribution < 1.29 is 14.3 Å². The maximum atomic E-state index is 11.7. The van der Waals surface area contributed by atoms with Crippen molar-refractivity contribution in [3.63, 3.8) is 0 Å². The number of hydrogen-bond acceptors (Lipinski definition) is 4. The van der Waals surface area contributed by atoms with E-state index in [-0.39, 0.29) is 5.91 Å². The van der Waals surface area contributed by atoms with Crippen LogP contribution >= 0.6 is 0 Å². The lowest BCUT2D eigenvalue weighted by atomic mass is 10.2. The van der Waals surface area contributed by atoms with Crippen LogP contribution in [0.2, 0.25) is 0 Å². The predicted octanol–water partition coefficient (Wildman–Crippen LogP) is 2.85. The first kappa shape index (κ1) is 19.3. The second-order valence-electron chi connectivity index (χ2n) is 5.65. The molecule has 1 aliphatic heterocycles. The molecule has 1 heterocycles. The maximum Gasteiger partial charge on any atom is 0.246 e. The maximum absolute atomic E-state index is 11.7. The molecule has 0 bridgehead atoms. The van der Waals surface area contributed by atoms with Gasteiger partial charge in [-0.2, -0.15) is 0 Å². The van der Waals surface area contributed by atoms with E-state index in [1.54, 1.807) is 18.2 Å². The largest absolute Gasteiger partial charge is 0.497 e. The number of amidine groups is 1. The minimum Gasteiger partial charge on any atom is -0.497 e. The smallest absolute Gasteiger partial charge is 0.246 e. The van der Waals surface area contributed by atoms with E-state index in [4.69, 9.17) is 9.47 Å². The molecule has 0 unspecified atom stereocenters. The van der Waals surface area contributed by atoms with E-state index in [0.717, 1.165) is 5.75 Å². The standard InChI is InChI=1S/C20H25N3O3/c1-5-11-21-20(23-14-12-22(13-15-23)19(24)6-2)16(3)26-18-9-7-17(25-4)8-10-18/h5-11H,2-3,12-15H2,1,4H3/b11-5-,21-20?. The first-order valence-corrected chi connectivity index (χ1v) is 8.45. The number of allylic oxidation sites excluding steroid dienone is 1. The van der Waals surface area contributed by atoms with Gasteiger partial charge in [0.1, 0.15) is 11.5 Å². The molecule has 1 aromatic rings. The molecule has 0 saturated carbocycles. The summed E-state index contributed by atoms with van der Waals surface area (Å²) in [6, 6.07) is 7.28. The summed E-state index contributed by atoms with van der Waals surface area (Å²) >= 11 is 0. The van der Waals surface area contributed by atoms with Crippen LogP contribution in [0.1, 0.15) is 6.92 Å². The number of amides is 1. The van der Waals surface area contributed by atoms with Gasteiger partial charge >= 0.3 is 0 Å². The third kappa shape index (κ3) is 4.99. The number of rotatable bonds is 6. The lowest BCUT2D eigenvalue weighted by molar-refractivity contribution is -0.127. The van der Waals surface area contributed by atoms with E-state index in [1.807, 2.05) is 37.3 Å². The Morgan fingerprint density at radius 3 is 2.23 bits per heavy atom. The fourth-order valence-corrected chi connectivity index (χ4v) is 2.57. The van der Waals surface area contributed by atoms with E-state index in [2.05, 4.69) is 23.1 Å². The molecule has 6 heteroatoms. The second-order valence-corrected chi connectivity index (χ2v) is 5.65. The summed E-state index contributed by atoms with van der Waals surface area (Å²) in [6.07, 6.45) is 4.90. The topological polar surface area (TPSA) is 54.4 Å². The van der Waals surface area contributed by atoms with Gasteiger partial charge < -0.3 is 19.3 Å². The zero-order valence-electron chi connectivity index (χ0n) is 15.4. The number of piperazine rings is 1. The molecule has 0 radical (unpaired) electrons. The molecule has 2 rings (SSSR count). The highest BCUT2D eigenvalue weighted by molar-refractivity contribution is 5.97. The van der Waals surface area contributed by atoms with Crippen molar-refractivity contribution in [3.05, 3.63) is 61.5 Å². The van der Waals surface area contributed by atoms with E-state index in [0.29, 0.717) is 43.5 Å². The first-order chi connectivity index (χ1) is 12.6. The number of benzene rings is 1. The molecule has 26 heavy (non-hydrogen) atoms. The van der Waals surface area contributed by atoms with Crippen molar-refractivity contribution >= 4 is 11.7 Å². The minimum atomic E-state index is -0.0510. The number of hydrogen-bond donors (Lipinski definition) is 0. The van der Waals surface area contributed by atoms with Crippen molar-refractivity contribution in [2.75, 3.05) is 33.3 Å². The highest BCUT2D eigenvalue weighted by Crippen LogP contribution is 2.20. The van der Waals surface area contributed by atoms with Gasteiger partial charge in [0.2, 0.25) is 5.91 Å². The second kappa shape index (κ2) is 9.46. The Bertz CT molecular complexity index is 700. The molecule has 6 nitrogen and oxygen atoms in total. The van der Waals surface area contributed by atoms with Gasteiger partial charge in [0.25, 0.3) is 0 Å². The van der Waals surface area contributed by atoms with Crippen molar-refractivity contribution in [1.82, 2.24) is 9.80 Å². The lowest BCUT2D eigenvalue weighted by Gasteiger charge is -2.36. The molecule has 0 aromatic heterocycles. The van der Waals surface area contributed by atoms with E-state index < -0.39 is 0 Å². The van der Waals surface area contributed by atoms with Gasteiger partial charge in [-0.15, -0.1) is 0 Å². The molecule has 0 N–H and O–H groups in total. The monoisotopic (exact) mass is 355 g/mol. The van der Waals surface area contributed by atoms with Crippen LogP contribution in [0.5, 0.6) is 11.5 Å². The average molecular weight is 355 g/mol. The summed E-state index contributed by atoms with van der Waals surface area (Å²) in [5.74, 6) is 2.48. The highest BCUT2D eigenvalue weighted by atomic mass is 16.5. The number of methoxy groups -OCH3 is 1. The molecular formula is C20H25N3O3. The van der Waals surface area contributed by atoms with E-state index in [1.165, 1.54) is 6.08 Å². The summed E-state index contributed by atoms with van der Waals surface area (Å²) < 4.78 is 11.0. The van der Waals surface area contributed by atoms with Crippen LogP contribution in [-0.2, 0) is 4.79 Å². The zero-order valence-corrected chi connectivity index (χ0v) is 15.4. The van der Waals surface area contributed by atoms with Crippen LogP contribution in [0, 0.1) is 0 Å². The number of carbonyl (C=O) groups is 1. The molecule has 1 fully saturated rings. The quantitative estimate of drug-likeness (QED) is 0.341. The molecule has 138 valence electrons. The molecule has 0 aliphatic carbocycles. The Kier molecular flexibility index (Phi) is 7.02. The molecule has 1 aromatic carbocycles. The fourth-order valence-electron chi connectivity index (χ4n) is 2.57. The van der Waals surface area contributed by atoms with Crippen molar-refractivity contribution in [3.8, 4) is 11.5 Å². The van der Waals surface area contributed by atoms with Gasteiger partial charge in [0.05, 0.1) is 7.11 Å². The van der Waals surface area contributed by atoms with Crippen LogP contribution in [0.25, 0.3) is 0 Å². The van der Waals surface area contributed by atoms with Gasteiger partial charge in [0, 0.05) is 32.4 Å². The number of ether oxygens (including phenoxy) is 2. The Balaban J connectivity index is 2.08. The number of carbonyl (C=O) groups excluding carboxylic acids is 1. The summed E-state index contributed by atoms with van der Waals surface area (Å²) in [5.41, 5.74) is 0. The van der Waals surface area contributed by atoms with Crippen LogP contribution in [0.4, 0.5) is 0 Å². The molecular weight excluding hydrogens is 330 g/mol. The third-order valence-corrected chi connectivity index (χ3v) is 3.96. The Morgan fingerprint density at radius 2 is 1.69 bits per heavy atom. The van der Waals surface area contributed by atoms with Crippen LogP contribution in [0.3, 0.4) is 0 Å². The minimum absolute atomic E-state index is 0.0510. The Morgan fingerprint density at radius 1 is 1.12 bits per heavy atom. The predicted molar refractivity (Wildman–Crippen MR) is 103 cm³/mol. The van der Waals surface area contributed by atoms with Crippen LogP contribution in [-0.4, -0.2) is 54.8 Å². The number of nitrogens with zero attached hydrogens (tertiary/aromatic N) is 3. The van der Waals surface area contributed by atoms with E-state index >= 15 is 0 Å². The van der Waals surface area contributed by atoms with Crippen molar-refractivity contribution in [2.45, 2.75) is 6.92 Å². The highest BCUT2D eigenvalue weighted by Gasteiger charge is 2.23. The fraction of sp³-hybridized carbons (Fsp3) is 0.300. The van der Waals surface area contributed by atoms with Gasteiger partial charge in [0.15, 0.2) is 11.6 Å². The van der Waals surface area contributed by atoms with Crippen LogP contribution < -0.4 is 9.47 Å². The Hall–Kier alpha value is -3.02. The molecule has 0 atom stereocenters. The normalized spacial score (nSPS) is 15.1. The summed E-state index contributed by atoms with van der Waals surface area (Å²) in [6.45, 7) is 12.0. The van der Waals surface area contributed by atoms with Gasteiger partial charge in [-0.1, -0.05) is 19.2 Å². The summed E-state index contributed by atoms with van der Waals surface area (Å²) in [5, 5.41) is 0. The van der Waals surface area contributed by atoms with Crippen molar-refractivity contribution in [1.29, 1.82) is 0 Å². The SMILES string of the molecule is C=CC(=O)N1CCN(C(=N/C=C\C)C(=C)Oc2ccc(OC)cc2)CC1. The molecule has 0 spiro atoms. The van der Waals surface area contributed by atoms with Crippen LogP contribution in [0.15, 0.2) is 66.5 Å². The van der Waals surface area contributed by atoms with Crippen molar-refractivity contribution in [2.24, 2.45) is 4.99 Å². The van der Waals surface area contributed by atoms with E-state index in [9.17, 15) is 4.79 Å². The summed E-state index contributed by atoms with van der Waals surface area (Å²) in [7, 11) is 1.62. The molecule has 1 saturated heterocycles. The zero-order chi connectivity index (χ0) is 18.9. The molecule has 1 aliphatic rings.